The van der Waals surface area contributed by atoms with E-state index in [9.17, 15) is 4.79 Å². The molecule has 88 valence electrons. The van der Waals surface area contributed by atoms with E-state index in [0.29, 0.717) is 12.3 Å². The van der Waals surface area contributed by atoms with Crippen molar-refractivity contribution in [1.29, 1.82) is 0 Å². The smallest absolute Gasteiger partial charge is 0.306 e. The lowest BCUT2D eigenvalue weighted by Crippen LogP contribution is -2.18. The molecule has 1 unspecified atom stereocenters. The predicted octanol–water partition coefficient (Wildman–Crippen LogP) is 3.74. The molecule has 0 aliphatic heterocycles. The summed E-state index contributed by atoms with van der Waals surface area (Å²) in [7, 11) is 0. The van der Waals surface area contributed by atoms with E-state index in [1.807, 2.05) is 24.3 Å². The highest BCUT2D eigenvalue weighted by atomic mass is 79.9. The number of rotatable bonds is 5. The lowest BCUT2D eigenvalue weighted by Gasteiger charge is -2.14. The number of hydrogen-bond acceptors (Lipinski definition) is 1. The maximum absolute atomic E-state index is 11.1. The molecule has 0 spiro atoms. The van der Waals surface area contributed by atoms with Gasteiger partial charge in [-0.2, -0.15) is 0 Å². The molecular weight excluding hydrogens is 268 g/mol. The first kappa shape index (κ1) is 13.2. The first-order valence-electron chi connectivity index (χ1n) is 5.46. The normalized spacial score (nSPS) is 12.8. The van der Waals surface area contributed by atoms with Crippen LogP contribution in [0, 0.1) is 11.8 Å². The molecule has 1 aromatic rings. The topological polar surface area (TPSA) is 37.3 Å². The highest BCUT2D eigenvalue weighted by Gasteiger charge is 2.19. The fourth-order valence-electron chi connectivity index (χ4n) is 1.79. The van der Waals surface area contributed by atoms with Crippen LogP contribution in [-0.2, 0) is 11.2 Å². The van der Waals surface area contributed by atoms with Crippen LogP contribution in [0.1, 0.15) is 25.8 Å². The third-order valence-electron chi connectivity index (χ3n) is 2.48. The predicted molar refractivity (Wildman–Crippen MR) is 68.4 cm³/mol. The van der Waals surface area contributed by atoms with Crippen molar-refractivity contribution in [1.82, 2.24) is 0 Å². The van der Waals surface area contributed by atoms with E-state index in [-0.39, 0.29) is 5.92 Å². The minimum Gasteiger partial charge on any atom is -0.481 e. The van der Waals surface area contributed by atoms with Crippen molar-refractivity contribution in [2.45, 2.75) is 26.7 Å². The number of hydrogen-bond donors (Lipinski definition) is 1. The Hall–Kier alpha value is -0.830. The zero-order chi connectivity index (χ0) is 12.1. The molecule has 0 saturated carbocycles. The van der Waals surface area contributed by atoms with Gasteiger partial charge in [0.2, 0.25) is 0 Å². The van der Waals surface area contributed by atoms with Crippen LogP contribution in [0.3, 0.4) is 0 Å². The Morgan fingerprint density at radius 3 is 2.62 bits per heavy atom. The molecule has 0 bridgehead atoms. The summed E-state index contributed by atoms with van der Waals surface area (Å²) in [5.41, 5.74) is 1.07. The molecule has 0 heterocycles. The first-order valence-corrected chi connectivity index (χ1v) is 6.25. The van der Waals surface area contributed by atoms with Gasteiger partial charge >= 0.3 is 5.97 Å². The summed E-state index contributed by atoms with van der Waals surface area (Å²) in [5.74, 6) is -0.573. The number of carboxylic acid groups (broad SMARTS) is 1. The summed E-state index contributed by atoms with van der Waals surface area (Å²) in [6, 6.07) is 7.84. The van der Waals surface area contributed by atoms with Crippen LogP contribution in [0.4, 0.5) is 0 Å². The first-order chi connectivity index (χ1) is 7.49. The van der Waals surface area contributed by atoms with E-state index >= 15 is 0 Å². The second-order valence-electron chi connectivity index (χ2n) is 4.50. The van der Waals surface area contributed by atoms with Crippen LogP contribution >= 0.6 is 15.9 Å². The third-order valence-corrected chi connectivity index (χ3v) is 2.97. The minimum absolute atomic E-state index is 0.283. The Kier molecular flexibility index (Phi) is 5.00. The molecule has 0 aliphatic carbocycles. The Labute approximate surface area is 105 Å². The van der Waals surface area contributed by atoms with Crippen LogP contribution in [-0.4, -0.2) is 11.1 Å². The van der Waals surface area contributed by atoms with Gasteiger partial charge in [-0.15, -0.1) is 0 Å². The quantitative estimate of drug-likeness (QED) is 0.894. The van der Waals surface area contributed by atoms with Gasteiger partial charge in [0.15, 0.2) is 0 Å². The van der Waals surface area contributed by atoms with Gasteiger partial charge in [-0.1, -0.05) is 41.9 Å². The number of benzene rings is 1. The van der Waals surface area contributed by atoms with Crippen molar-refractivity contribution in [3.8, 4) is 0 Å². The molecule has 0 saturated heterocycles. The molecule has 0 fully saturated rings. The van der Waals surface area contributed by atoms with Crippen LogP contribution < -0.4 is 0 Å². The molecule has 2 nitrogen and oxygen atoms in total. The van der Waals surface area contributed by atoms with Gasteiger partial charge in [-0.3, -0.25) is 4.79 Å². The van der Waals surface area contributed by atoms with E-state index in [4.69, 9.17) is 5.11 Å². The van der Waals surface area contributed by atoms with Gasteiger partial charge in [0.1, 0.15) is 0 Å². The molecule has 16 heavy (non-hydrogen) atoms. The van der Waals surface area contributed by atoms with Gasteiger partial charge in [-0.05, 0) is 36.5 Å². The molecule has 0 aromatic heterocycles. The standard InChI is InChI=1S/C13H17BrO2/c1-9(2)6-11(13(15)16)7-10-4-3-5-12(14)8-10/h3-5,8-9,11H,6-7H2,1-2H3,(H,15,16). The third kappa shape index (κ3) is 4.35. The Morgan fingerprint density at radius 1 is 1.44 bits per heavy atom. The van der Waals surface area contributed by atoms with Crippen LogP contribution in [0.5, 0.6) is 0 Å². The Morgan fingerprint density at radius 2 is 2.12 bits per heavy atom. The van der Waals surface area contributed by atoms with Gasteiger partial charge in [0.05, 0.1) is 5.92 Å². The van der Waals surface area contributed by atoms with Crippen molar-refractivity contribution >= 4 is 21.9 Å². The van der Waals surface area contributed by atoms with Gasteiger partial charge in [0, 0.05) is 4.47 Å². The van der Waals surface area contributed by atoms with Crippen molar-refractivity contribution < 1.29 is 9.90 Å². The SMILES string of the molecule is CC(C)CC(Cc1cccc(Br)c1)C(=O)O. The number of halogens is 1. The average molecular weight is 285 g/mol. The zero-order valence-corrected chi connectivity index (χ0v) is 11.2. The highest BCUT2D eigenvalue weighted by molar-refractivity contribution is 9.10. The van der Waals surface area contributed by atoms with Gasteiger partial charge < -0.3 is 5.11 Å². The fourth-order valence-corrected chi connectivity index (χ4v) is 2.24. The Balaban J connectivity index is 2.71. The fraction of sp³-hybridized carbons (Fsp3) is 0.462. The maximum atomic E-state index is 11.1. The van der Waals surface area contributed by atoms with E-state index in [2.05, 4.69) is 29.8 Å². The summed E-state index contributed by atoms with van der Waals surface area (Å²) >= 11 is 3.39. The number of aliphatic carboxylic acids is 1. The van der Waals surface area contributed by atoms with E-state index < -0.39 is 5.97 Å². The summed E-state index contributed by atoms with van der Waals surface area (Å²) in [4.78, 5) is 11.1. The van der Waals surface area contributed by atoms with E-state index in [1.165, 1.54) is 0 Å². The number of carbonyl (C=O) groups is 1. The van der Waals surface area contributed by atoms with Crippen molar-refractivity contribution in [3.63, 3.8) is 0 Å². The van der Waals surface area contributed by atoms with E-state index in [0.717, 1.165) is 16.5 Å². The largest absolute Gasteiger partial charge is 0.481 e. The molecule has 0 radical (unpaired) electrons. The molecule has 1 rings (SSSR count). The second-order valence-corrected chi connectivity index (χ2v) is 5.41. The molecule has 1 aromatic carbocycles. The van der Waals surface area contributed by atoms with Gasteiger partial charge in [-0.25, -0.2) is 0 Å². The maximum Gasteiger partial charge on any atom is 0.306 e. The van der Waals surface area contributed by atoms with Crippen molar-refractivity contribution in [2.75, 3.05) is 0 Å². The second kappa shape index (κ2) is 6.04. The molecule has 1 atom stereocenters. The van der Waals surface area contributed by atoms with Gasteiger partial charge in [0.25, 0.3) is 0 Å². The molecule has 1 N–H and O–H groups in total. The summed E-state index contributed by atoms with van der Waals surface area (Å²) in [6.45, 7) is 4.10. The van der Waals surface area contributed by atoms with Crippen molar-refractivity contribution in [3.05, 3.63) is 34.3 Å². The van der Waals surface area contributed by atoms with Crippen LogP contribution in [0.2, 0.25) is 0 Å². The van der Waals surface area contributed by atoms with Crippen LogP contribution in [0.25, 0.3) is 0 Å². The average Bonchev–Trinajstić information content (AvgIpc) is 2.15. The molecular formula is C13H17BrO2. The zero-order valence-electron chi connectivity index (χ0n) is 9.61. The highest BCUT2D eigenvalue weighted by Crippen LogP contribution is 2.20. The number of carboxylic acids is 1. The summed E-state index contributed by atoms with van der Waals surface area (Å²) < 4.78 is 0.999. The summed E-state index contributed by atoms with van der Waals surface area (Å²) in [6.07, 6.45) is 1.33. The molecule has 0 amide bonds. The minimum atomic E-state index is -0.700. The Bertz CT molecular complexity index is 361. The molecule has 0 aliphatic rings. The van der Waals surface area contributed by atoms with E-state index in [1.54, 1.807) is 0 Å². The monoisotopic (exact) mass is 284 g/mol. The van der Waals surface area contributed by atoms with Crippen LogP contribution in [0.15, 0.2) is 28.7 Å². The lowest BCUT2D eigenvalue weighted by molar-refractivity contribution is -0.142. The van der Waals surface area contributed by atoms with Crippen molar-refractivity contribution in [2.24, 2.45) is 11.8 Å². The molecule has 3 heteroatoms. The summed E-state index contributed by atoms with van der Waals surface area (Å²) in [5, 5.41) is 9.14. The lowest BCUT2D eigenvalue weighted by atomic mass is 9.91.